The van der Waals surface area contributed by atoms with Crippen molar-refractivity contribution in [3.8, 4) is 0 Å². The van der Waals surface area contributed by atoms with E-state index in [-0.39, 0.29) is 0 Å². The Labute approximate surface area is 128 Å². The largest absolute Gasteiger partial charge is 0.339 e. The zero-order valence-electron chi connectivity index (χ0n) is 12.2. The third-order valence-electron chi connectivity index (χ3n) is 5.47. The van der Waals surface area contributed by atoms with Gasteiger partial charge in [-0.1, -0.05) is 30.0 Å². The van der Waals surface area contributed by atoms with Crippen molar-refractivity contribution in [2.45, 2.75) is 38.5 Å². The predicted molar refractivity (Wildman–Crippen MR) is 76.7 cm³/mol. The Balaban J connectivity index is 1.56. The lowest BCUT2D eigenvalue weighted by molar-refractivity contribution is -0.195. The number of rotatable bonds is 3. The van der Waals surface area contributed by atoms with Crippen LogP contribution in [0.2, 0.25) is 0 Å². The van der Waals surface area contributed by atoms with Gasteiger partial charge in [0.1, 0.15) is 0 Å². The third kappa shape index (κ3) is 1.68. The van der Waals surface area contributed by atoms with E-state index in [4.69, 9.17) is 4.84 Å². The van der Waals surface area contributed by atoms with Gasteiger partial charge in [-0.15, -0.1) is 0 Å². The van der Waals surface area contributed by atoms with Gasteiger partial charge in [-0.3, -0.25) is 9.59 Å². The van der Waals surface area contributed by atoms with Crippen LogP contribution in [0.3, 0.4) is 0 Å². The molecular weight excluding hydrogens is 282 g/mol. The highest BCUT2D eigenvalue weighted by molar-refractivity contribution is 6.20. The van der Waals surface area contributed by atoms with Gasteiger partial charge in [-0.05, 0) is 43.7 Å². The van der Waals surface area contributed by atoms with E-state index < -0.39 is 23.2 Å². The molecule has 0 saturated heterocycles. The van der Waals surface area contributed by atoms with Crippen LogP contribution in [-0.2, 0) is 9.63 Å². The van der Waals surface area contributed by atoms with Crippen molar-refractivity contribution >= 4 is 17.8 Å². The van der Waals surface area contributed by atoms with Crippen LogP contribution in [-0.4, -0.2) is 22.8 Å². The molecule has 0 bridgehead atoms. The quantitative estimate of drug-likeness (QED) is 0.805. The van der Waals surface area contributed by atoms with E-state index in [0.29, 0.717) is 22.1 Å². The Morgan fingerprint density at radius 3 is 2.05 bits per heavy atom. The van der Waals surface area contributed by atoms with Crippen LogP contribution in [0.1, 0.15) is 59.2 Å². The third-order valence-corrected chi connectivity index (χ3v) is 5.47. The molecule has 2 saturated carbocycles. The Hall–Kier alpha value is -2.17. The molecule has 1 aromatic carbocycles. The Bertz CT molecular complexity index is 638. The van der Waals surface area contributed by atoms with Gasteiger partial charge in [0.2, 0.25) is 0 Å². The summed E-state index contributed by atoms with van der Waals surface area (Å²) in [5, 5.41) is 0.645. The molecule has 5 heteroatoms. The molecule has 22 heavy (non-hydrogen) atoms. The topological polar surface area (TPSA) is 63.7 Å². The van der Waals surface area contributed by atoms with Gasteiger partial charge in [0.05, 0.1) is 16.5 Å². The summed E-state index contributed by atoms with van der Waals surface area (Å²) < 4.78 is 0. The maximum Gasteiger partial charge on any atom is 0.339 e. The summed E-state index contributed by atoms with van der Waals surface area (Å²) >= 11 is 0. The SMILES string of the molecule is O=C1c2ccccc2C(=O)N1OC(=O)C1(C2CCC2)CCC1. The lowest BCUT2D eigenvalue weighted by atomic mass is 9.55. The lowest BCUT2D eigenvalue weighted by Crippen LogP contribution is -2.50. The first kappa shape index (κ1) is 13.5. The minimum absolute atomic E-state index is 0.298. The first-order valence-corrected chi connectivity index (χ1v) is 7.84. The van der Waals surface area contributed by atoms with E-state index in [1.165, 1.54) is 0 Å². The molecule has 1 aromatic rings. The Kier molecular flexibility index (Phi) is 2.86. The van der Waals surface area contributed by atoms with Crippen LogP contribution in [0.15, 0.2) is 24.3 Å². The van der Waals surface area contributed by atoms with E-state index in [1.54, 1.807) is 24.3 Å². The number of amides is 2. The summed E-state index contributed by atoms with van der Waals surface area (Å²) in [5.74, 6) is -1.14. The molecule has 0 radical (unpaired) electrons. The van der Waals surface area contributed by atoms with Crippen molar-refractivity contribution < 1.29 is 19.2 Å². The molecule has 0 unspecified atom stereocenters. The Morgan fingerprint density at radius 2 is 1.64 bits per heavy atom. The van der Waals surface area contributed by atoms with Crippen LogP contribution in [0.5, 0.6) is 0 Å². The number of hydrogen-bond donors (Lipinski definition) is 0. The summed E-state index contributed by atoms with van der Waals surface area (Å²) in [6, 6.07) is 6.54. The molecule has 2 fully saturated rings. The number of imide groups is 1. The molecule has 114 valence electrons. The second-order valence-corrected chi connectivity index (χ2v) is 6.47. The highest BCUT2D eigenvalue weighted by Gasteiger charge is 2.55. The predicted octanol–water partition coefficient (Wildman–Crippen LogP) is 2.71. The van der Waals surface area contributed by atoms with Crippen molar-refractivity contribution in [2.24, 2.45) is 11.3 Å². The highest BCUT2D eigenvalue weighted by atomic mass is 16.7. The molecule has 0 atom stereocenters. The van der Waals surface area contributed by atoms with Gasteiger partial charge < -0.3 is 4.84 Å². The standard InChI is InChI=1S/C17H17NO4/c19-14-12-7-1-2-8-13(12)15(20)18(14)22-16(21)17(9-4-10-17)11-5-3-6-11/h1-2,7-8,11H,3-6,9-10H2. The normalized spacial score (nSPS) is 22.8. The molecular formula is C17H17NO4. The number of fused-ring (bicyclic) bond motifs is 1. The lowest BCUT2D eigenvalue weighted by Gasteiger charge is -2.49. The molecule has 1 heterocycles. The maximum absolute atomic E-state index is 12.6. The van der Waals surface area contributed by atoms with Crippen molar-refractivity contribution in [1.29, 1.82) is 0 Å². The van der Waals surface area contributed by atoms with Crippen molar-refractivity contribution in [3.63, 3.8) is 0 Å². The number of hydrogen-bond acceptors (Lipinski definition) is 4. The van der Waals surface area contributed by atoms with Gasteiger partial charge in [0.25, 0.3) is 11.8 Å². The molecule has 3 aliphatic rings. The minimum atomic E-state index is -0.544. The van der Waals surface area contributed by atoms with Gasteiger partial charge in [-0.25, -0.2) is 4.79 Å². The molecule has 1 aliphatic heterocycles. The zero-order chi connectivity index (χ0) is 15.3. The average molecular weight is 299 g/mol. The van der Waals surface area contributed by atoms with Gasteiger partial charge in [0, 0.05) is 0 Å². The second kappa shape index (κ2) is 4.66. The van der Waals surface area contributed by atoms with Crippen LogP contribution < -0.4 is 0 Å². The van der Waals surface area contributed by atoms with E-state index in [0.717, 1.165) is 38.5 Å². The van der Waals surface area contributed by atoms with E-state index in [1.807, 2.05) is 0 Å². The molecule has 0 N–H and O–H groups in total. The number of benzene rings is 1. The van der Waals surface area contributed by atoms with Gasteiger partial charge in [0.15, 0.2) is 0 Å². The van der Waals surface area contributed by atoms with E-state index >= 15 is 0 Å². The fourth-order valence-electron chi connectivity index (χ4n) is 3.72. The molecule has 2 amide bonds. The van der Waals surface area contributed by atoms with Crippen molar-refractivity contribution in [3.05, 3.63) is 35.4 Å². The number of carbonyl (C=O) groups is 3. The van der Waals surface area contributed by atoms with Crippen LogP contribution in [0, 0.1) is 11.3 Å². The molecule has 4 rings (SSSR count). The van der Waals surface area contributed by atoms with Crippen LogP contribution in [0.25, 0.3) is 0 Å². The zero-order valence-corrected chi connectivity index (χ0v) is 12.2. The van der Waals surface area contributed by atoms with Crippen LogP contribution >= 0.6 is 0 Å². The van der Waals surface area contributed by atoms with Gasteiger partial charge in [-0.2, -0.15) is 0 Å². The average Bonchev–Trinajstić information content (AvgIpc) is 2.66. The summed E-state index contributed by atoms with van der Waals surface area (Å²) in [5.41, 5.74) is 0.131. The van der Waals surface area contributed by atoms with Crippen molar-refractivity contribution in [1.82, 2.24) is 5.06 Å². The molecule has 2 aliphatic carbocycles. The minimum Gasteiger partial charge on any atom is -0.329 e. The Morgan fingerprint density at radius 1 is 1.05 bits per heavy atom. The van der Waals surface area contributed by atoms with E-state index in [2.05, 4.69) is 0 Å². The van der Waals surface area contributed by atoms with E-state index in [9.17, 15) is 14.4 Å². The van der Waals surface area contributed by atoms with Crippen molar-refractivity contribution in [2.75, 3.05) is 0 Å². The first-order valence-electron chi connectivity index (χ1n) is 7.84. The number of nitrogens with zero attached hydrogens (tertiary/aromatic N) is 1. The number of hydroxylamine groups is 2. The molecule has 0 spiro atoms. The fraction of sp³-hybridized carbons (Fsp3) is 0.471. The molecule has 5 nitrogen and oxygen atoms in total. The first-order chi connectivity index (χ1) is 10.6. The van der Waals surface area contributed by atoms with Gasteiger partial charge >= 0.3 is 5.97 Å². The second-order valence-electron chi connectivity index (χ2n) is 6.47. The number of carbonyl (C=O) groups excluding carboxylic acids is 3. The molecule has 0 aromatic heterocycles. The fourth-order valence-corrected chi connectivity index (χ4v) is 3.72. The summed E-state index contributed by atoms with van der Waals surface area (Å²) in [7, 11) is 0. The summed E-state index contributed by atoms with van der Waals surface area (Å²) in [4.78, 5) is 42.4. The smallest absolute Gasteiger partial charge is 0.329 e. The highest BCUT2D eigenvalue weighted by Crippen LogP contribution is 2.55. The maximum atomic E-state index is 12.6. The van der Waals surface area contributed by atoms with Crippen LogP contribution in [0.4, 0.5) is 0 Å². The summed E-state index contributed by atoms with van der Waals surface area (Å²) in [6.45, 7) is 0. The monoisotopic (exact) mass is 299 g/mol. The summed E-state index contributed by atoms with van der Waals surface area (Å²) in [6.07, 6.45) is 5.84.